The van der Waals surface area contributed by atoms with Crippen molar-refractivity contribution in [2.24, 2.45) is 0 Å². The van der Waals surface area contributed by atoms with Crippen molar-refractivity contribution in [3.8, 4) is 5.82 Å². The molecule has 0 amide bonds. The Morgan fingerprint density at radius 1 is 1.07 bits per heavy atom. The molecule has 1 fully saturated rings. The Balaban J connectivity index is 1.30. The van der Waals surface area contributed by atoms with Crippen LogP contribution in [0.15, 0.2) is 42.7 Å². The summed E-state index contributed by atoms with van der Waals surface area (Å²) in [6.07, 6.45) is 12.9. The average molecular weight is 379 g/mol. The molecule has 1 N–H and O–H groups in total. The molecule has 5 rings (SSSR count). The number of thiophene rings is 1. The Hall–Kier alpha value is -1.98. The van der Waals surface area contributed by atoms with Crippen LogP contribution in [-0.2, 0) is 13.0 Å². The van der Waals surface area contributed by atoms with E-state index in [4.69, 9.17) is 0 Å². The molecule has 5 heteroatoms. The molecule has 0 radical (unpaired) electrons. The van der Waals surface area contributed by atoms with Gasteiger partial charge in [0.25, 0.3) is 0 Å². The van der Waals surface area contributed by atoms with Crippen molar-refractivity contribution in [3.05, 3.63) is 63.7 Å². The number of rotatable bonds is 5. The average Bonchev–Trinajstić information content (AvgIpc) is 3.47. The lowest BCUT2D eigenvalue weighted by Crippen LogP contribution is -2.24. The van der Waals surface area contributed by atoms with Crippen LogP contribution in [0.2, 0.25) is 0 Å². The second kappa shape index (κ2) is 7.56. The first kappa shape index (κ1) is 17.1. The SMILES string of the molecule is c1ccc(-n2ncc3c2CCCC3NCc2ccc(C3CCCC3)s2)nc1. The first-order valence-electron chi connectivity index (χ1n) is 10.2. The van der Waals surface area contributed by atoms with E-state index in [0.29, 0.717) is 6.04 Å². The molecule has 1 atom stereocenters. The molecule has 0 saturated heterocycles. The zero-order valence-corrected chi connectivity index (χ0v) is 16.4. The summed E-state index contributed by atoms with van der Waals surface area (Å²) in [5.74, 6) is 1.74. The molecule has 4 nitrogen and oxygen atoms in total. The lowest BCUT2D eigenvalue weighted by Gasteiger charge is -2.24. The zero-order chi connectivity index (χ0) is 18.1. The summed E-state index contributed by atoms with van der Waals surface area (Å²) < 4.78 is 2.02. The standard InChI is InChI=1S/C22H26N4S/c1-2-7-16(6-1)21-12-11-17(27-21)14-24-19-8-5-9-20-18(19)15-25-26(20)22-10-3-4-13-23-22/h3-4,10-13,15-16,19,24H,1-2,5-9,14H2. The van der Waals surface area contributed by atoms with E-state index in [1.165, 1.54) is 54.7 Å². The summed E-state index contributed by atoms with van der Waals surface area (Å²) in [4.78, 5) is 7.52. The molecule has 3 aromatic rings. The molecule has 3 aromatic heterocycles. The van der Waals surface area contributed by atoms with Gasteiger partial charge in [-0.1, -0.05) is 18.9 Å². The van der Waals surface area contributed by atoms with Crippen LogP contribution in [0.3, 0.4) is 0 Å². The first-order chi connectivity index (χ1) is 13.4. The zero-order valence-electron chi connectivity index (χ0n) is 15.6. The maximum atomic E-state index is 4.65. The van der Waals surface area contributed by atoms with Gasteiger partial charge in [0.15, 0.2) is 5.82 Å². The van der Waals surface area contributed by atoms with Crippen LogP contribution in [-0.4, -0.2) is 14.8 Å². The summed E-state index contributed by atoms with van der Waals surface area (Å²) >= 11 is 2.01. The largest absolute Gasteiger partial charge is 0.305 e. The van der Waals surface area contributed by atoms with Crippen molar-refractivity contribution < 1.29 is 0 Å². The minimum absolute atomic E-state index is 0.392. The highest BCUT2D eigenvalue weighted by Crippen LogP contribution is 2.38. The second-order valence-electron chi connectivity index (χ2n) is 7.76. The first-order valence-corrected chi connectivity index (χ1v) is 11.0. The van der Waals surface area contributed by atoms with E-state index in [9.17, 15) is 0 Å². The molecule has 0 aliphatic heterocycles. The minimum Gasteiger partial charge on any atom is -0.305 e. The number of hydrogen-bond acceptors (Lipinski definition) is 4. The predicted octanol–water partition coefficient (Wildman–Crippen LogP) is 5.15. The molecule has 140 valence electrons. The number of hydrogen-bond donors (Lipinski definition) is 1. The van der Waals surface area contributed by atoms with Crippen molar-refractivity contribution >= 4 is 11.3 Å². The van der Waals surface area contributed by atoms with E-state index in [-0.39, 0.29) is 0 Å². The molecule has 0 bridgehead atoms. The Morgan fingerprint density at radius 3 is 2.85 bits per heavy atom. The summed E-state index contributed by atoms with van der Waals surface area (Å²) in [7, 11) is 0. The Kier molecular flexibility index (Phi) is 4.80. The van der Waals surface area contributed by atoms with Crippen LogP contribution in [0.25, 0.3) is 5.82 Å². The lowest BCUT2D eigenvalue weighted by molar-refractivity contribution is 0.456. The highest BCUT2D eigenvalue weighted by Gasteiger charge is 2.25. The summed E-state index contributed by atoms with van der Waals surface area (Å²) in [6, 6.07) is 11.1. The number of aromatic nitrogens is 3. The van der Waals surface area contributed by atoms with Gasteiger partial charge in [-0.25, -0.2) is 9.67 Å². The number of pyridine rings is 1. The van der Waals surface area contributed by atoms with Gasteiger partial charge in [-0.2, -0.15) is 5.10 Å². The van der Waals surface area contributed by atoms with Gasteiger partial charge in [0, 0.05) is 34.1 Å². The normalized spacial score (nSPS) is 20.1. The minimum atomic E-state index is 0.392. The fraction of sp³-hybridized carbons (Fsp3) is 0.455. The Bertz CT molecular complexity index is 892. The third kappa shape index (κ3) is 3.46. The number of nitrogens with one attached hydrogen (secondary N) is 1. The Labute approximate surface area is 164 Å². The number of fused-ring (bicyclic) bond motifs is 1. The van der Waals surface area contributed by atoms with E-state index < -0.39 is 0 Å². The monoisotopic (exact) mass is 378 g/mol. The maximum Gasteiger partial charge on any atom is 0.153 e. The Morgan fingerprint density at radius 2 is 2.00 bits per heavy atom. The van der Waals surface area contributed by atoms with E-state index in [2.05, 4.69) is 27.5 Å². The van der Waals surface area contributed by atoms with E-state index in [1.807, 2.05) is 46.6 Å². The topological polar surface area (TPSA) is 42.7 Å². The van der Waals surface area contributed by atoms with Crippen molar-refractivity contribution in [1.29, 1.82) is 0 Å². The van der Waals surface area contributed by atoms with Gasteiger partial charge in [-0.3, -0.25) is 0 Å². The number of nitrogens with zero attached hydrogens (tertiary/aromatic N) is 3. The fourth-order valence-corrected chi connectivity index (χ4v) is 5.72. The van der Waals surface area contributed by atoms with Crippen molar-refractivity contribution in [2.45, 2.75) is 63.5 Å². The summed E-state index contributed by atoms with van der Waals surface area (Å²) in [5, 5.41) is 8.45. The molecule has 0 spiro atoms. The van der Waals surface area contributed by atoms with E-state index >= 15 is 0 Å². The second-order valence-corrected chi connectivity index (χ2v) is 8.96. The van der Waals surface area contributed by atoms with E-state index in [1.54, 1.807) is 4.88 Å². The quantitative estimate of drug-likeness (QED) is 0.667. The molecule has 1 unspecified atom stereocenters. The highest BCUT2D eigenvalue weighted by molar-refractivity contribution is 7.12. The highest BCUT2D eigenvalue weighted by atomic mass is 32.1. The van der Waals surface area contributed by atoms with Crippen molar-refractivity contribution in [2.75, 3.05) is 0 Å². The molecule has 2 aliphatic rings. The van der Waals surface area contributed by atoms with Crippen LogP contribution in [0.1, 0.15) is 71.5 Å². The summed E-state index contributed by atoms with van der Waals surface area (Å²) in [6.45, 7) is 0.955. The van der Waals surface area contributed by atoms with Crippen LogP contribution >= 0.6 is 11.3 Å². The van der Waals surface area contributed by atoms with Gasteiger partial charge < -0.3 is 5.32 Å². The lowest BCUT2D eigenvalue weighted by atomic mass is 9.93. The summed E-state index contributed by atoms with van der Waals surface area (Å²) in [5.41, 5.74) is 2.66. The van der Waals surface area contributed by atoms with Crippen molar-refractivity contribution in [3.63, 3.8) is 0 Å². The van der Waals surface area contributed by atoms with Gasteiger partial charge in [0.05, 0.1) is 11.9 Å². The molecule has 27 heavy (non-hydrogen) atoms. The molecule has 3 heterocycles. The molecular formula is C22H26N4S. The molecule has 1 saturated carbocycles. The van der Waals surface area contributed by atoms with Gasteiger partial charge in [-0.15, -0.1) is 11.3 Å². The van der Waals surface area contributed by atoms with Crippen LogP contribution in [0.5, 0.6) is 0 Å². The van der Waals surface area contributed by atoms with Crippen LogP contribution < -0.4 is 5.32 Å². The third-order valence-corrected chi connectivity index (χ3v) is 7.26. The van der Waals surface area contributed by atoms with Gasteiger partial charge >= 0.3 is 0 Å². The third-order valence-electron chi connectivity index (χ3n) is 6.01. The van der Waals surface area contributed by atoms with E-state index in [0.717, 1.165) is 24.7 Å². The van der Waals surface area contributed by atoms with Gasteiger partial charge in [0.2, 0.25) is 0 Å². The van der Waals surface area contributed by atoms with Crippen LogP contribution in [0.4, 0.5) is 0 Å². The molecule has 2 aliphatic carbocycles. The smallest absolute Gasteiger partial charge is 0.153 e. The van der Waals surface area contributed by atoms with Gasteiger partial charge in [-0.05, 0) is 62.3 Å². The molecule has 0 aromatic carbocycles. The fourth-order valence-electron chi connectivity index (χ4n) is 4.59. The van der Waals surface area contributed by atoms with Crippen LogP contribution in [0, 0.1) is 0 Å². The maximum absolute atomic E-state index is 4.65. The van der Waals surface area contributed by atoms with Gasteiger partial charge in [0.1, 0.15) is 0 Å². The van der Waals surface area contributed by atoms with Crippen molar-refractivity contribution in [1.82, 2.24) is 20.1 Å². The molecular weight excluding hydrogens is 352 g/mol. The predicted molar refractivity (Wildman–Crippen MR) is 109 cm³/mol.